The van der Waals surface area contributed by atoms with Crippen molar-refractivity contribution in [2.75, 3.05) is 19.6 Å². The highest BCUT2D eigenvalue weighted by molar-refractivity contribution is 7.89. The molecule has 6 rings (SSSR count). The molecule has 0 bridgehead atoms. The molecule has 0 radical (unpaired) electrons. The molecule has 7 nitrogen and oxygen atoms in total. The van der Waals surface area contributed by atoms with E-state index in [1.165, 1.54) is 32.7 Å². The average Bonchev–Trinajstić information content (AvgIpc) is 3.55. The number of H-pyrrole nitrogens is 1. The number of amides is 1. The summed E-state index contributed by atoms with van der Waals surface area (Å²) in [5.74, 6) is 0.0874. The van der Waals surface area contributed by atoms with E-state index in [4.69, 9.17) is 16.6 Å². The lowest BCUT2D eigenvalue weighted by molar-refractivity contribution is 0.0727. The molecule has 4 aromatic rings. The second kappa shape index (κ2) is 9.54. The molecule has 37 heavy (non-hydrogen) atoms. The third-order valence-electron chi connectivity index (χ3n) is 7.50. The van der Waals surface area contributed by atoms with Gasteiger partial charge in [-0.05, 0) is 55.5 Å². The minimum Gasteiger partial charge on any atom is -0.357 e. The Morgan fingerprint density at radius 2 is 1.92 bits per heavy atom. The molecule has 192 valence electrons. The summed E-state index contributed by atoms with van der Waals surface area (Å²) in [5.41, 5.74) is 4.83. The van der Waals surface area contributed by atoms with Gasteiger partial charge in [-0.3, -0.25) is 4.79 Å². The number of carbonyl (C=O) groups excluding carboxylic acids is 1. The smallest absolute Gasteiger partial charge is 0.273 e. The molecule has 0 spiro atoms. The quantitative estimate of drug-likeness (QED) is 0.368. The van der Waals surface area contributed by atoms with Gasteiger partial charge >= 0.3 is 0 Å². The van der Waals surface area contributed by atoms with Gasteiger partial charge in [0, 0.05) is 52.6 Å². The van der Waals surface area contributed by atoms with E-state index in [1.807, 2.05) is 29.3 Å². The summed E-state index contributed by atoms with van der Waals surface area (Å²) in [4.78, 5) is 23.5. The monoisotopic (exact) mass is 554 g/mol. The molecular weight excluding hydrogens is 528 g/mol. The number of hydrogen-bond acceptors (Lipinski definition) is 5. The van der Waals surface area contributed by atoms with Crippen molar-refractivity contribution in [3.05, 3.63) is 80.4 Å². The summed E-state index contributed by atoms with van der Waals surface area (Å²) in [6.07, 6.45) is 2.16. The zero-order chi connectivity index (χ0) is 25.7. The Bertz CT molecular complexity index is 1600. The molecule has 1 amide bonds. The third-order valence-corrected chi connectivity index (χ3v) is 10.8. The van der Waals surface area contributed by atoms with Crippen LogP contribution in [0.4, 0.5) is 0 Å². The highest BCUT2D eigenvalue weighted by Crippen LogP contribution is 2.34. The Morgan fingerprint density at radius 1 is 1.14 bits per heavy atom. The fourth-order valence-electron chi connectivity index (χ4n) is 5.33. The molecule has 4 heterocycles. The highest BCUT2D eigenvalue weighted by atomic mass is 35.5. The normalized spacial score (nSPS) is 17.3. The molecule has 10 heteroatoms. The van der Waals surface area contributed by atoms with Gasteiger partial charge in [-0.25, -0.2) is 13.4 Å². The Hall–Kier alpha value is -2.72. The van der Waals surface area contributed by atoms with Crippen LogP contribution in [0.5, 0.6) is 0 Å². The number of fused-ring (bicyclic) bond motifs is 3. The number of aromatic nitrogens is 2. The number of aryl methyl sites for hydroxylation is 1. The minimum atomic E-state index is -3.60. The zero-order valence-corrected chi connectivity index (χ0v) is 22.8. The van der Waals surface area contributed by atoms with Crippen molar-refractivity contribution in [3.63, 3.8) is 0 Å². The molecule has 2 aromatic heterocycles. The largest absolute Gasteiger partial charge is 0.357 e. The maximum absolute atomic E-state index is 13.3. The Morgan fingerprint density at radius 3 is 2.70 bits per heavy atom. The van der Waals surface area contributed by atoms with E-state index >= 15 is 0 Å². The van der Waals surface area contributed by atoms with Gasteiger partial charge in [0.05, 0.1) is 16.4 Å². The first-order chi connectivity index (χ1) is 17.8. The lowest BCUT2D eigenvalue weighted by Crippen LogP contribution is -2.38. The van der Waals surface area contributed by atoms with Gasteiger partial charge < -0.3 is 9.88 Å². The van der Waals surface area contributed by atoms with Crippen molar-refractivity contribution in [2.24, 2.45) is 0 Å². The number of aromatic amines is 1. The summed E-state index contributed by atoms with van der Waals surface area (Å²) in [6, 6.07) is 13.1. The van der Waals surface area contributed by atoms with E-state index in [1.54, 1.807) is 12.1 Å². The van der Waals surface area contributed by atoms with Crippen LogP contribution in [0, 0.1) is 6.92 Å². The van der Waals surface area contributed by atoms with Crippen LogP contribution >= 0.6 is 22.9 Å². The third kappa shape index (κ3) is 4.48. The van der Waals surface area contributed by atoms with Gasteiger partial charge in [0.1, 0.15) is 5.69 Å². The fraction of sp³-hybridized carbons (Fsp3) is 0.333. The first kappa shape index (κ1) is 24.6. The van der Waals surface area contributed by atoms with Crippen molar-refractivity contribution in [1.29, 1.82) is 0 Å². The lowest BCUT2D eigenvalue weighted by atomic mass is 9.99. The van der Waals surface area contributed by atoms with Gasteiger partial charge in [-0.1, -0.05) is 35.9 Å². The van der Waals surface area contributed by atoms with Gasteiger partial charge in [0.15, 0.2) is 0 Å². The number of hydrogen-bond donors (Lipinski definition) is 1. The van der Waals surface area contributed by atoms with Gasteiger partial charge in [-0.2, -0.15) is 4.31 Å². The first-order valence-electron chi connectivity index (χ1n) is 12.4. The van der Waals surface area contributed by atoms with Crippen LogP contribution < -0.4 is 0 Å². The van der Waals surface area contributed by atoms with Crippen LogP contribution in [0.15, 0.2) is 52.7 Å². The van der Waals surface area contributed by atoms with Crippen LogP contribution in [-0.4, -0.2) is 53.1 Å². The first-order valence-corrected chi connectivity index (χ1v) is 15.1. The molecule has 1 N–H and O–H groups in total. The number of carbonyl (C=O) groups is 1. The van der Waals surface area contributed by atoms with E-state index in [0.29, 0.717) is 49.7 Å². The minimum absolute atomic E-state index is 0.0527. The number of sulfonamides is 1. The Kier molecular flexibility index (Phi) is 6.35. The Balaban J connectivity index is 1.11. The molecule has 2 aromatic carbocycles. The lowest BCUT2D eigenvalue weighted by Gasteiger charge is -2.30. The van der Waals surface area contributed by atoms with Crippen LogP contribution in [0.25, 0.3) is 10.9 Å². The number of piperidine rings is 1. The van der Waals surface area contributed by atoms with Crippen LogP contribution in [0.3, 0.4) is 0 Å². The van der Waals surface area contributed by atoms with Crippen molar-refractivity contribution < 1.29 is 13.2 Å². The summed E-state index contributed by atoms with van der Waals surface area (Å²) in [6.45, 7) is 3.89. The molecule has 2 aliphatic heterocycles. The summed E-state index contributed by atoms with van der Waals surface area (Å²) in [5, 5.41) is 4.43. The molecule has 2 aliphatic rings. The van der Waals surface area contributed by atoms with E-state index in [-0.39, 0.29) is 16.7 Å². The average molecular weight is 555 g/mol. The standard InChI is InChI=1S/C27H27ClN4O3S2/c1-17-6-7-19(14-22(17)28)37(34,35)32-12-8-18(9-13-32)26-30-25(16-36-26)27(33)31-11-10-21-20-4-2-3-5-23(20)29-24(21)15-31/h2-7,14,16,18,29H,8-13,15H2,1H3. The van der Waals surface area contributed by atoms with Crippen molar-refractivity contribution in [1.82, 2.24) is 19.2 Å². The predicted molar refractivity (Wildman–Crippen MR) is 146 cm³/mol. The maximum atomic E-state index is 13.3. The molecule has 0 saturated carbocycles. The summed E-state index contributed by atoms with van der Waals surface area (Å²) < 4.78 is 27.7. The number of nitrogens with zero attached hydrogens (tertiary/aromatic N) is 3. The number of para-hydroxylation sites is 1. The molecule has 0 unspecified atom stereocenters. The predicted octanol–water partition coefficient (Wildman–Crippen LogP) is 5.35. The summed E-state index contributed by atoms with van der Waals surface area (Å²) in [7, 11) is -3.60. The van der Waals surface area contributed by atoms with Gasteiger partial charge in [-0.15, -0.1) is 11.3 Å². The fourth-order valence-corrected chi connectivity index (χ4v) is 8.03. The van der Waals surface area contributed by atoms with Crippen molar-refractivity contribution in [3.8, 4) is 0 Å². The number of benzene rings is 2. The molecule has 1 saturated heterocycles. The van der Waals surface area contributed by atoms with Crippen molar-refractivity contribution >= 4 is 49.8 Å². The molecule has 0 aliphatic carbocycles. The Labute approximate surface area is 225 Å². The van der Waals surface area contributed by atoms with Crippen LogP contribution in [0.2, 0.25) is 5.02 Å². The topological polar surface area (TPSA) is 86.4 Å². The SMILES string of the molecule is Cc1ccc(S(=O)(=O)N2CCC(c3nc(C(=O)N4CCc5c([nH]c6ccccc56)C4)cs3)CC2)cc1Cl. The number of thiazole rings is 1. The molecule has 0 atom stereocenters. The van der Waals surface area contributed by atoms with Crippen LogP contribution in [0.1, 0.15) is 51.1 Å². The van der Waals surface area contributed by atoms with Crippen molar-refractivity contribution in [2.45, 2.75) is 43.5 Å². The number of nitrogens with one attached hydrogen (secondary N) is 1. The van der Waals surface area contributed by atoms with Gasteiger partial charge in [0.25, 0.3) is 5.91 Å². The van der Waals surface area contributed by atoms with Gasteiger partial charge in [0.2, 0.25) is 10.0 Å². The maximum Gasteiger partial charge on any atom is 0.273 e. The molecule has 1 fully saturated rings. The second-order valence-electron chi connectivity index (χ2n) is 9.76. The number of rotatable bonds is 4. The number of halogens is 1. The van der Waals surface area contributed by atoms with E-state index in [0.717, 1.165) is 28.2 Å². The summed E-state index contributed by atoms with van der Waals surface area (Å²) >= 11 is 7.66. The second-order valence-corrected chi connectivity index (χ2v) is 13.0. The molecular formula is C27H27ClN4O3S2. The van der Waals surface area contributed by atoms with E-state index in [9.17, 15) is 13.2 Å². The highest BCUT2D eigenvalue weighted by Gasteiger charge is 2.32. The van der Waals surface area contributed by atoms with E-state index < -0.39 is 10.0 Å². The zero-order valence-electron chi connectivity index (χ0n) is 20.4. The van der Waals surface area contributed by atoms with Crippen LogP contribution in [-0.2, 0) is 23.0 Å². The van der Waals surface area contributed by atoms with E-state index in [2.05, 4.69) is 17.1 Å².